The van der Waals surface area contributed by atoms with Crippen LogP contribution in [0.5, 0.6) is 0 Å². The molecule has 0 aliphatic carbocycles. The molecular weight excluding hydrogens is 650 g/mol. The molecule has 0 bridgehead atoms. The molecule has 7 saturated heterocycles. The van der Waals surface area contributed by atoms with Crippen LogP contribution in [0.15, 0.2) is 0 Å². The second kappa shape index (κ2) is 14.7. The number of amides is 1. The highest BCUT2D eigenvalue weighted by molar-refractivity contribution is 5.79. The number of nitrogens with zero attached hydrogens (tertiary/aromatic N) is 4. The van der Waals surface area contributed by atoms with Gasteiger partial charge in [0.05, 0.1) is 12.2 Å². The van der Waals surface area contributed by atoms with Gasteiger partial charge in [-0.05, 0) is 79.8 Å². The number of carbonyl (C=O) groups is 1. The van der Waals surface area contributed by atoms with Crippen LogP contribution in [0.4, 0.5) is 0 Å². The molecule has 284 valence electrons. The third-order valence-electron chi connectivity index (χ3n) is 11.1. The summed E-state index contributed by atoms with van der Waals surface area (Å²) < 4.78 is 34.5. The van der Waals surface area contributed by atoms with E-state index in [0.717, 1.165) is 51.9 Å². The normalized spacial score (nSPS) is 40.2. The summed E-state index contributed by atoms with van der Waals surface area (Å²) in [5, 5.41) is 24.1. The maximum atomic E-state index is 12.5. The Kier molecular flexibility index (Phi) is 11.2. The second-order valence-corrected chi connectivity index (χ2v) is 16.4. The first-order valence-electron chi connectivity index (χ1n) is 18.3. The molecule has 0 radical (unpaired) electrons. The average molecular weight is 710 g/mol. The van der Waals surface area contributed by atoms with E-state index in [1.165, 1.54) is 0 Å². The van der Waals surface area contributed by atoms with Crippen LogP contribution in [0.3, 0.4) is 0 Å². The van der Waals surface area contributed by atoms with Crippen molar-refractivity contribution in [3.63, 3.8) is 0 Å². The van der Waals surface area contributed by atoms with Gasteiger partial charge in [-0.1, -0.05) is 0 Å². The van der Waals surface area contributed by atoms with E-state index in [1.54, 1.807) is 4.90 Å². The van der Waals surface area contributed by atoms with Crippen LogP contribution in [0.2, 0.25) is 0 Å². The van der Waals surface area contributed by atoms with Crippen LogP contribution >= 0.6 is 0 Å². The fraction of sp³-hybridized carbons (Fsp3) is 0.941. The van der Waals surface area contributed by atoms with E-state index in [4.69, 9.17) is 46.5 Å². The van der Waals surface area contributed by atoms with E-state index in [2.05, 4.69) is 26.9 Å². The van der Waals surface area contributed by atoms with Gasteiger partial charge < -0.3 is 59.9 Å². The molecule has 7 aliphatic heterocycles. The predicted molar refractivity (Wildman–Crippen MR) is 180 cm³/mol. The van der Waals surface area contributed by atoms with E-state index < -0.39 is 48.1 Å². The SMILES string of the molecule is CC1(N)CCN(C[C@H]2O[C@@H]3OC(C)(C)O[C@@H]3[C@@H]2O)CC1.[C-]#[N+][C@@H]1CCCN1C(=O)CNC1(N)CCN(C[C@H]2O[C@@H]3OC(C)(C)O[C@@H]3[C@@H]2O)CC1. The molecule has 16 nitrogen and oxygen atoms in total. The number of likely N-dealkylation sites (tertiary alicyclic amines) is 3. The van der Waals surface area contributed by atoms with Crippen LogP contribution in [-0.2, 0) is 33.2 Å². The van der Waals surface area contributed by atoms with Gasteiger partial charge in [-0.15, -0.1) is 0 Å². The fourth-order valence-electron chi connectivity index (χ4n) is 8.01. The quantitative estimate of drug-likeness (QED) is 0.168. The number of hydrogen-bond acceptors (Lipinski definition) is 14. The van der Waals surface area contributed by atoms with Gasteiger partial charge in [0, 0.05) is 44.7 Å². The molecule has 7 fully saturated rings. The molecule has 0 saturated carbocycles. The number of nitrogens with one attached hydrogen (secondary N) is 1. The Morgan fingerprint density at radius 3 is 1.74 bits per heavy atom. The summed E-state index contributed by atoms with van der Waals surface area (Å²) in [6.45, 7) is 22.1. The monoisotopic (exact) mass is 709 g/mol. The molecule has 0 aromatic carbocycles. The minimum Gasteiger partial charge on any atom is -0.387 e. The minimum absolute atomic E-state index is 0.0571. The average Bonchev–Trinajstić information content (AvgIpc) is 3.84. The van der Waals surface area contributed by atoms with Crippen LogP contribution in [-0.4, -0.2) is 161 Å². The van der Waals surface area contributed by atoms with Gasteiger partial charge in [0.1, 0.15) is 36.6 Å². The number of nitrogens with two attached hydrogens (primary N) is 2. The highest BCUT2D eigenvalue weighted by Gasteiger charge is 2.55. The van der Waals surface area contributed by atoms with Crippen LogP contribution < -0.4 is 16.8 Å². The van der Waals surface area contributed by atoms with Crippen molar-refractivity contribution in [2.45, 2.75) is 151 Å². The maximum absolute atomic E-state index is 12.5. The predicted octanol–water partition coefficient (Wildman–Crippen LogP) is -0.531. The lowest BCUT2D eigenvalue weighted by molar-refractivity contribution is -0.217. The summed E-state index contributed by atoms with van der Waals surface area (Å²) in [5.41, 5.74) is 12.0. The van der Waals surface area contributed by atoms with Gasteiger partial charge in [0.15, 0.2) is 24.2 Å². The Morgan fingerprint density at radius 1 is 0.800 bits per heavy atom. The van der Waals surface area contributed by atoms with Crippen LogP contribution in [0, 0.1) is 6.57 Å². The van der Waals surface area contributed by atoms with Crippen molar-refractivity contribution < 1.29 is 43.4 Å². The molecule has 50 heavy (non-hydrogen) atoms. The van der Waals surface area contributed by atoms with Gasteiger partial charge in [-0.3, -0.25) is 19.9 Å². The third-order valence-corrected chi connectivity index (χ3v) is 11.1. The molecule has 16 heteroatoms. The van der Waals surface area contributed by atoms with Crippen molar-refractivity contribution in [2.24, 2.45) is 11.5 Å². The largest absolute Gasteiger partial charge is 0.387 e. The number of aliphatic hydroxyl groups is 2. The van der Waals surface area contributed by atoms with Crippen molar-refractivity contribution in [3.8, 4) is 0 Å². The molecule has 0 aromatic rings. The van der Waals surface area contributed by atoms with Crippen molar-refractivity contribution in [2.75, 3.05) is 52.4 Å². The van der Waals surface area contributed by atoms with E-state index >= 15 is 0 Å². The standard InChI is InChI=1S/C20H33N5O5.C14H26N2O4/c1-19(2)29-17-16(27)13(28-18(17)30-19)12-24-9-6-20(21,7-10-24)23-11-15(26)25-8-4-5-14(25)22-3;1-13(2)19-11-10(17)9(18-12(11)20-13)8-16-6-4-14(3,15)5-7-16/h13-14,16-18,23,27H,4-12,21H2,1-2H3;9-12,17H,4-8,15H2,1-3H3/t13-,14+,16-,17-,18-;9-,10-,11-,12-/m11/s1. The summed E-state index contributed by atoms with van der Waals surface area (Å²) in [6, 6.07) is 0. The highest BCUT2D eigenvalue weighted by atomic mass is 16.8. The molecule has 0 unspecified atom stereocenters. The zero-order chi connectivity index (χ0) is 36.1. The van der Waals surface area contributed by atoms with Gasteiger partial charge in [0.2, 0.25) is 5.91 Å². The first kappa shape index (κ1) is 38.2. The molecule has 0 spiro atoms. The Balaban J connectivity index is 0.000000187. The van der Waals surface area contributed by atoms with Gasteiger partial charge in [0.25, 0.3) is 0 Å². The molecule has 7 rings (SSSR count). The van der Waals surface area contributed by atoms with E-state index in [-0.39, 0.29) is 42.5 Å². The van der Waals surface area contributed by atoms with E-state index in [1.807, 2.05) is 27.7 Å². The number of rotatable bonds is 7. The first-order valence-corrected chi connectivity index (χ1v) is 18.3. The van der Waals surface area contributed by atoms with E-state index in [9.17, 15) is 15.0 Å². The second-order valence-electron chi connectivity index (χ2n) is 16.4. The lowest BCUT2D eigenvalue weighted by Gasteiger charge is -2.41. The number of hydrogen-bond donors (Lipinski definition) is 5. The summed E-state index contributed by atoms with van der Waals surface area (Å²) >= 11 is 0. The fourth-order valence-corrected chi connectivity index (χ4v) is 8.01. The Labute approximate surface area is 295 Å². The van der Waals surface area contributed by atoms with Gasteiger partial charge >= 0.3 is 6.17 Å². The summed E-state index contributed by atoms with van der Waals surface area (Å²) in [7, 11) is 0. The molecular formula is C34H59N7O9. The topological polar surface area (TPSA) is 191 Å². The lowest BCUT2D eigenvalue weighted by atomic mass is 9.91. The zero-order valence-electron chi connectivity index (χ0n) is 30.3. The molecule has 7 N–H and O–H groups in total. The first-order chi connectivity index (χ1) is 23.5. The molecule has 1 amide bonds. The van der Waals surface area contributed by atoms with Crippen LogP contribution in [0.1, 0.15) is 73.1 Å². The van der Waals surface area contributed by atoms with Gasteiger partial charge in [-0.25, -0.2) is 6.57 Å². The lowest BCUT2D eigenvalue weighted by Crippen LogP contribution is -2.62. The molecule has 9 atom stereocenters. The third kappa shape index (κ3) is 8.79. The number of piperidine rings is 2. The Morgan fingerprint density at radius 2 is 1.28 bits per heavy atom. The summed E-state index contributed by atoms with van der Waals surface area (Å²) in [5.74, 6) is -1.47. The summed E-state index contributed by atoms with van der Waals surface area (Å²) in [4.78, 5) is 22.2. The van der Waals surface area contributed by atoms with Crippen molar-refractivity contribution in [1.29, 1.82) is 0 Å². The smallest absolute Gasteiger partial charge is 0.300 e. The van der Waals surface area contributed by atoms with Crippen molar-refractivity contribution in [3.05, 3.63) is 11.4 Å². The van der Waals surface area contributed by atoms with E-state index in [0.29, 0.717) is 32.5 Å². The number of fused-ring (bicyclic) bond motifs is 2. The number of carbonyl (C=O) groups excluding carboxylic acids is 1. The minimum atomic E-state index is -0.738. The number of aliphatic hydroxyl groups excluding tert-OH is 2. The maximum Gasteiger partial charge on any atom is 0.300 e. The molecule has 7 heterocycles. The molecule has 0 aromatic heterocycles. The number of ether oxygens (including phenoxy) is 6. The molecule has 7 aliphatic rings. The van der Waals surface area contributed by atoms with Crippen LogP contribution in [0.25, 0.3) is 4.85 Å². The van der Waals surface area contributed by atoms with Gasteiger partial charge in [-0.2, -0.15) is 0 Å². The Hall–Kier alpha value is -1.56. The zero-order valence-corrected chi connectivity index (χ0v) is 30.3. The summed E-state index contributed by atoms with van der Waals surface area (Å²) in [6.07, 6.45) is 0.835. The van der Waals surface area contributed by atoms with Crippen molar-refractivity contribution >= 4 is 5.91 Å². The van der Waals surface area contributed by atoms with Crippen molar-refractivity contribution in [1.82, 2.24) is 20.0 Å². The Bertz CT molecular complexity index is 1230. The highest BCUT2D eigenvalue weighted by Crippen LogP contribution is 2.39.